The van der Waals surface area contributed by atoms with Gasteiger partial charge in [0, 0.05) is 18.3 Å². The highest BCUT2D eigenvalue weighted by Crippen LogP contribution is 2.25. The fourth-order valence-corrected chi connectivity index (χ4v) is 2.78. The molecule has 5 heteroatoms. The van der Waals surface area contributed by atoms with Gasteiger partial charge in [0.05, 0.1) is 17.3 Å². The summed E-state index contributed by atoms with van der Waals surface area (Å²) in [6, 6.07) is 5.54. The van der Waals surface area contributed by atoms with E-state index in [0.29, 0.717) is 34.9 Å². The maximum absolute atomic E-state index is 12.1. The van der Waals surface area contributed by atoms with Gasteiger partial charge in [-0.15, -0.1) is 0 Å². The lowest BCUT2D eigenvalue weighted by molar-refractivity contribution is -0.118. The number of nitrogens with zero attached hydrogens (tertiary/aromatic N) is 1. The molecule has 2 rings (SSSR count). The van der Waals surface area contributed by atoms with Crippen LogP contribution < -0.4 is 11.1 Å². The minimum atomic E-state index is -0.0431. The molecule has 1 aliphatic heterocycles. The van der Waals surface area contributed by atoms with Gasteiger partial charge in [0.1, 0.15) is 0 Å². The van der Waals surface area contributed by atoms with Gasteiger partial charge in [-0.1, -0.05) is 18.5 Å². The molecule has 1 heterocycles. The number of rotatable bonds is 3. The van der Waals surface area contributed by atoms with Crippen molar-refractivity contribution in [3.63, 3.8) is 0 Å². The number of amides is 1. The summed E-state index contributed by atoms with van der Waals surface area (Å²) in [5.74, 6) is 0.605. The summed E-state index contributed by atoms with van der Waals surface area (Å²) in [7, 11) is 0. The Labute approximate surface area is 125 Å². The van der Waals surface area contributed by atoms with Gasteiger partial charge in [-0.2, -0.15) is 0 Å². The Morgan fingerprint density at radius 2 is 2.20 bits per heavy atom. The topological polar surface area (TPSA) is 58.4 Å². The molecule has 0 radical (unpaired) electrons. The van der Waals surface area contributed by atoms with Gasteiger partial charge in [0.2, 0.25) is 5.91 Å². The van der Waals surface area contributed by atoms with E-state index in [-0.39, 0.29) is 5.91 Å². The molecule has 20 heavy (non-hydrogen) atoms. The lowest BCUT2D eigenvalue weighted by Gasteiger charge is -2.36. The fraction of sp³-hybridized carbons (Fsp3) is 0.533. The van der Waals surface area contributed by atoms with Crippen molar-refractivity contribution in [3.05, 3.63) is 23.2 Å². The number of piperidine rings is 1. The minimum Gasteiger partial charge on any atom is -0.399 e. The molecule has 1 aromatic rings. The molecule has 4 nitrogen and oxygen atoms in total. The summed E-state index contributed by atoms with van der Waals surface area (Å²) >= 11 is 6.05. The third-order valence-electron chi connectivity index (χ3n) is 3.86. The second-order valence-electron chi connectivity index (χ2n) is 5.75. The third kappa shape index (κ3) is 3.87. The number of carbonyl (C=O) groups excluding carboxylic acids is 1. The van der Waals surface area contributed by atoms with Gasteiger partial charge in [-0.3, -0.25) is 9.69 Å². The molecule has 1 aliphatic rings. The van der Waals surface area contributed by atoms with Crippen LogP contribution in [0.25, 0.3) is 0 Å². The first-order chi connectivity index (χ1) is 9.45. The van der Waals surface area contributed by atoms with Crippen LogP contribution >= 0.6 is 11.6 Å². The predicted octanol–water partition coefficient (Wildman–Crippen LogP) is 2.98. The van der Waals surface area contributed by atoms with E-state index in [9.17, 15) is 4.79 Å². The van der Waals surface area contributed by atoms with Gasteiger partial charge < -0.3 is 11.1 Å². The van der Waals surface area contributed by atoms with Crippen molar-refractivity contribution in [2.45, 2.75) is 32.7 Å². The first-order valence-electron chi connectivity index (χ1n) is 7.04. The molecule has 110 valence electrons. The molecule has 0 aliphatic carbocycles. The first kappa shape index (κ1) is 15.1. The Bertz CT molecular complexity index is 492. The van der Waals surface area contributed by atoms with Crippen LogP contribution in [0.1, 0.15) is 26.7 Å². The smallest absolute Gasteiger partial charge is 0.238 e. The maximum atomic E-state index is 12.1. The van der Waals surface area contributed by atoms with Gasteiger partial charge in [-0.05, 0) is 43.9 Å². The van der Waals surface area contributed by atoms with Crippen LogP contribution in [-0.4, -0.2) is 29.9 Å². The van der Waals surface area contributed by atoms with Crippen molar-refractivity contribution < 1.29 is 4.79 Å². The average molecular weight is 296 g/mol. The highest BCUT2D eigenvalue weighted by atomic mass is 35.5. The first-order valence-corrected chi connectivity index (χ1v) is 7.42. The Balaban J connectivity index is 1.96. The molecule has 0 bridgehead atoms. The number of likely N-dealkylation sites (tertiary alicyclic amines) is 1. The van der Waals surface area contributed by atoms with E-state index in [1.807, 2.05) is 0 Å². The van der Waals surface area contributed by atoms with Crippen molar-refractivity contribution in [3.8, 4) is 0 Å². The molecule has 3 N–H and O–H groups in total. The number of nitrogens with two attached hydrogens (primary N) is 1. The highest BCUT2D eigenvalue weighted by Gasteiger charge is 2.24. The van der Waals surface area contributed by atoms with Crippen LogP contribution in [0.5, 0.6) is 0 Å². The number of hydrogen-bond acceptors (Lipinski definition) is 3. The monoisotopic (exact) mass is 295 g/mol. The molecular formula is C15H22ClN3O. The molecule has 1 saturated heterocycles. The average Bonchev–Trinajstić information content (AvgIpc) is 2.38. The van der Waals surface area contributed by atoms with E-state index in [2.05, 4.69) is 24.1 Å². The summed E-state index contributed by atoms with van der Waals surface area (Å²) < 4.78 is 0. The van der Waals surface area contributed by atoms with Crippen molar-refractivity contribution in [2.75, 3.05) is 24.1 Å². The van der Waals surface area contributed by atoms with Crippen molar-refractivity contribution in [1.29, 1.82) is 0 Å². The number of carbonyl (C=O) groups is 1. The van der Waals surface area contributed by atoms with Crippen LogP contribution in [0.4, 0.5) is 11.4 Å². The normalized spacial score (nSPS) is 23.6. The fourth-order valence-electron chi connectivity index (χ4n) is 2.61. The Morgan fingerprint density at radius 3 is 2.95 bits per heavy atom. The van der Waals surface area contributed by atoms with E-state index in [4.69, 9.17) is 17.3 Å². The molecule has 0 aromatic heterocycles. The number of hydrogen-bond donors (Lipinski definition) is 2. The number of anilines is 2. The summed E-state index contributed by atoms with van der Waals surface area (Å²) in [6.07, 6.45) is 2.38. The molecule has 0 saturated carbocycles. The van der Waals surface area contributed by atoms with Crippen LogP contribution in [0.2, 0.25) is 5.02 Å². The molecule has 1 aromatic carbocycles. The second-order valence-corrected chi connectivity index (χ2v) is 6.16. The Hall–Kier alpha value is -1.26. The van der Waals surface area contributed by atoms with Crippen LogP contribution in [-0.2, 0) is 4.79 Å². The quantitative estimate of drug-likeness (QED) is 0.843. The molecule has 1 fully saturated rings. The Morgan fingerprint density at radius 1 is 1.45 bits per heavy atom. The summed E-state index contributed by atoms with van der Waals surface area (Å²) in [4.78, 5) is 14.4. The molecular weight excluding hydrogens is 274 g/mol. The molecule has 0 spiro atoms. The summed E-state index contributed by atoms with van der Waals surface area (Å²) in [5.41, 5.74) is 6.87. The zero-order valence-corrected chi connectivity index (χ0v) is 12.8. The van der Waals surface area contributed by atoms with Gasteiger partial charge in [-0.25, -0.2) is 0 Å². The number of benzene rings is 1. The zero-order chi connectivity index (χ0) is 14.7. The van der Waals surface area contributed by atoms with Gasteiger partial charge >= 0.3 is 0 Å². The van der Waals surface area contributed by atoms with Crippen molar-refractivity contribution in [1.82, 2.24) is 4.90 Å². The van der Waals surface area contributed by atoms with Crippen LogP contribution in [0.15, 0.2) is 18.2 Å². The predicted molar refractivity (Wildman–Crippen MR) is 83.9 cm³/mol. The van der Waals surface area contributed by atoms with Crippen LogP contribution in [0.3, 0.4) is 0 Å². The lowest BCUT2D eigenvalue weighted by atomic mass is 9.95. The standard InChI is InChI=1S/C15H22ClN3O/c1-10-3-4-11(2)19(8-10)9-15(20)18-14-7-12(17)5-6-13(14)16/h5-7,10-11H,3-4,8-9,17H2,1-2H3,(H,18,20). The van der Waals surface area contributed by atoms with Crippen LogP contribution in [0, 0.1) is 5.92 Å². The number of halogens is 1. The molecule has 2 unspecified atom stereocenters. The van der Waals surface area contributed by atoms with E-state index in [1.54, 1.807) is 18.2 Å². The van der Waals surface area contributed by atoms with Crippen molar-refractivity contribution >= 4 is 28.9 Å². The van der Waals surface area contributed by atoms with Crippen molar-refractivity contribution in [2.24, 2.45) is 5.92 Å². The number of nitrogen functional groups attached to an aromatic ring is 1. The lowest BCUT2D eigenvalue weighted by Crippen LogP contribution is -2.45. The van der Waals surface area contributed by atoms with E-state index in [0.717, 1.165) is 13.0 Å². The SMILES string of the molecule is CC1CCC(C)N(CC(=O)Nc2cc(N)ccc2Cl)C1. The molecule has 2 atom stereocenters. The Kier molecular flexibility index (Phi) is 4.89. The van der Waals surface area contributed by atoms with E-state index < -0.39 is 0 Å². The summed E-state index contributed by atoms with van der Waals surface area (Å²) in [6.45, 7) is 5.77. The van der Waals surface area contributed by atoms with Gasteiger partial charge in [0.15, 0.2) is 0 Å². The highest BCUT2D eigenvalue weighted by molar-refractivity contribution is 6.33. The van der Waals surface area contributed by atoms with Gasteiger partial charge in [0.25, 0.3) is 0 Å². The molecule has 1 amide bonds. The summed E-state index contributed by atoms with van der Waals surface area (Å²) in [5, 5.41) is 3.35. The van der Waals surface area contributed by atoms with E-state index in [1.165, 1.54) is 6.42 Å². The largest absolute Gasteiger partial charge is 0.399 e. The zero-order valence-electron chi connectivity index (χ0n) is 12.0. The third-order valence-corrected chi connectivity index (χ3v) is 4.19. The number of nitrogens with one attached hydrogen (secondary N) is 1. The van der Waals surface area contributed by atoms with E-state index >= 15 is 0 Å². The minimum absolute atomic E-state index is 0.0431. The second kappa shape index (κ2) is 6.46. The maximum Gasteiger partial charge on any atom is 0.238 e.